The van der Waals surface area contributed by atoms with Crippen LogP contribution < -0.4 is 5.73 Å². The normalized spacial score (nSPS) is 22.6. The van der Waals surface area contributed by atoms with Crippen LogP contribution in [0.5, 0.6) is 0 Å². The second kappa shape index (κ2) is 3.75. The number of nitrogens with zero attached hydrogens (tertiary/aromatic N) is 3. The predicted octanol–water partition coefficient (Wildman–Crippen LogP) is 0.497. The second-order valence-electron chi connectivity index (χ2n) is 4.68. The fraction of sp³-hybridized carbons (Fsp3) is 0.727. The number of nitrogens with two attached hydrogens (primary N) is 1. The monoisotopic (exact) mass is 222 g/mol. The Kier molecular flexibility index (Phi) is 2.37. The molecule has 2 N–H and O–H groups in total. The van der Waals surface area contributed by atoms with Crippen molar-refractivity contribution in [3.63, 3.8) is 0 Å². The van der Waals surface area contributed by atoms with Crippen molar-refractivity contribution < 1.29 is 4.74 Å². The summed E-state index contributed by atoms with van der Waals surface area (Å²) in [7, 11) is 1.91. The first-order valence-electron chi connectivity index (χ1n) is 5.87. The van der Waals surface area contributed by atoms with Gasteiger partial charge in [-0.2, -0.15) is 5.10 Å². The molecule has 0 saturated carbocycles. The summed E-state index contributed by atoms with van der Waals surface area (Å²) < 4.78 is 7.17. The van der Waals surface area contributed by atoms with E-state index in [1.54, 1.807) is 4.68 Å². The maximum atomic E-state index is 5.99. The average molecular weight is 222 g/mol. The zero-order valence-corrected chi connectivity index (χ0v) is 9.65. The Morgan fingerprint density at radius 3 is 2.75 bits per heavy atom. The number of aryl methyl sites for hydroxylation is 1. The number of hydrogen-bond acceptors (Lipinski definition) is 4. The van der Waals surface area contributed by atoms with E-state index in [1.165, 1.54) is 5.56 Å². The molecule has 0 aliphatic carbocycles. The highest BCUT2D eigenvalue weighted by Gasteiger charge is 2.31. The summed E-state index contributed by atoms with van der Waals surface area (Å²) in [6.07, 6.45) is 2.27. The van der Waals surface area contributed by atoms with Crippen molar-refractivity contribution in [2.45, 2.75) is 32.0 Å². The molecule has 3 heterocycles. The summed E-state index contributed by atoms with van der Waals surface area (Å²) in [5, 5.41) is 4.45. The van der Waals surface area contributed by atoms with Crippen molar-refractivity contribution in [2.24, 2.45) is 7.05 Å². The van der Waals surface area contributed by atoms with E-state index in [2.05, 4.69) is 10.00 Å². The van der Waals surface area contributed by atoms with Gasteiger partial charge in [-0.25, -0.2) is 0 Å². The number of nitrogen functional groups attached to an aromatic ring is 1. The van der Waals surface area contributed by atoms with Gasteiger partial charge in [-0.1, -0.05) is 0 Å². The Morgan fingerprint density at radius 1 is 1.31 bits per heavy atom. The molecule has 0 radical (unpaired) electrons. The third-order valence-corrected chi connectivity index (χ3v) is 3.70. The van der Waals surface area contributed by atoms with Crippen LogP contribution in [0.15, 0.2) is 0 Å². The SMILES string of the molecule is Cn1nc2c(c1N)CN(C1CCOCC1)C2. The van der Waals surface area contributed by atoms with E-state index in [4.69, 9.17) is 10.5 Å². The highest BCUT2D eigenvalue weighted by Crippen LogP contribution is 2.30. The molecule has 0 spiro atoms. The third kappa shape index (κ3) is 1.51. The Balaban J connectivity index is 1.75. The van der Waals surface area contributed by atoms with Gasteiger partial charge in [0.05, 0.1) is 5.69 Å². The van der Waals surface area contributed by atoms with Crippen molar-refractivity contribution in [1.82, 2.24) is 14.7 Å². The lowest BCUT2D eigenvalue weighted by Crippen LogP contribution is -2.36. The molecule has 5 nitrogen and oxygen atoms in total. The van der Waals surface area contributed by atoms with Gasteiger partial charge >= 0.3 is 0 Å². The zero-order valence-electron chi connectivity index (χ0n) is 9.65. The van der Waals surface area contributed by atoms with E-state index in [0.717, 1.165) is 50.7 Å². The minimum Gasteiger partial charge on any atom is -0.384 e. The van der Waals surface area contributed by atoms with Gasteiger partial charge in [0.15, 0.2) is 0 Å². The van der Waals surface area contributed by atoms with Gasteiger partial charge < -0.3 is 10.5 Å². The minimum absolute atomic E-state index is 0.646. The lowest BCUT2D eigenvalue weighted by molar-refractivity contribution is 0.0321. The fourth-order valence-corrected chi connectivity index (χ4v) is 2.70. The Bertz CT molecular complexity index is 395. The van der Waals surface area contributed by atoms with Crippen LogP contribution >= 0.6 is 0 Å². The standard InChI is InChI=1S/C11H18N4O/c1-14-11(12)9-6-15(7-10(9)13-14)8-2-4-16-5-3-8/h8H,2-7,12H2,1H3. The molecule has 1 fully saturated rings. The summed E-state index contributed by atoms with van der Waals surface area (Å²) in [5.41, 5.74) is 8.38. The van der Waals surface area contributed by atoms with Gasteiger partial charge in [0, 0.05) is 45.0 Å². The molecule has 1 aromatic heterocycles. The summed E-state index contributed by atoms with van der Waals surface area (Å²) >= 11 is 0. The molecule has 0 aromatic carbocycles. The molecule has 5 heteroatoms. The predicted molar refractivity (Wildman–Crippen MR) is 60.7 cm³/mol. The highest BCUT2D eigenvalue weighted by atomic mass is 16.5. The van der Waals surface area contributed by atoms with Crippen molar-refractivity contribution in [3.05, 3.63) is 11.3 Å². The van der Waals surface area contributed by atoms with Gasteiger partial charge in [0.1, 0.15) is 5.82 Å². The molecule has 1 aromatic rings. The number of ether oxygens (including phenoxy) is 1. The van der Waals surface area contributed by atoms with Crippen molar-refractivity contribution in [3.8, 4) is 0 Å². The molecule has 2 aliphatic rings. The van der Waals surface area contributed by atoms with Crippen molar-refractivity contribution in [2.75, 3.05) is 18.9 Å². The number of anilines is 1. The summed E-state index contributed by atoms with van der Waals surface area (Å²) in [6, 6.07) is 0.646. The van der Waals surface area contributed by atoms with E-state index in [0.29, 0.717) is 6.04 Å². The van der Waals surface area contributed by atoms with Crippen LogP contribution in [0.1, 0.15) is 24.1 Å². The minimum atomic E-state index is 0.646. The summed E-state index contributed by atoms with van der Waals surface area (Å²) in [4.78, 5) is 2.48. The average Bonchev–Trinajstić information content (AvgIpc) is 2.82. The van der Waals surface area contributed by atoms with Crippen LogP contribution in [-0.2, 0) is 24.9 Å². The van der Waals surface area contributed by atoms with E-state index in [1.807, 2.05) is 7.05 Å². The fourth-order valence-electron chi connectivity index (χ4n) is 2.70. The maximum absolute atomic E-state index is 5.99. The number of fused-ring (bicyclic) bond motifs is 1. The lowest BCUT2D eigenvalue weighted by Gasteiger charge is -2.30. The Labute approximate surface area is 95.2 Å². The number of rotatable bonds is 1. The number of hydrogen-bond donors (Lipinski definition) is 1. The Hall–Kier alpha value is -1.07. The highest BCUT2D eigenvalue weighted by molar-refractivity contribution is 5.45. The summed E-state index contributed by atoms with van der Waals surface area (Å²) in [6.45, 7) is 3.69. The smallest absolute Gasteiger partial charge is 0.126 e. The lowest BCUT2D eigenvalue weighted by atomic mass is 10.1. The molecule has 16 heavy (non-hydrogen) atoms. The van der Waals surface area contributed by atoms with Crippen LogP contribution in [0.25, 0.3) is 0 Å². The van der Waals surface area contributed by atoms with Gasteiger partial charge in [-0.3, -0.25) is 9.58 Å². The van der Waals surface area contributed by atoms with E-state index in [9.17, 15) is 0 Å². The van der Waals surface area contributed by atoms with Crippen LogP contribution in [-0.4, -0.2) is 33.9 Å². The molecule has 3 rings (SSSR count). The first-order chi connectivity index (χ1) is 7.75. The molecular weight excluding hydrogens is 204 g/mol. The van der Waals surface area contributed by atoms with E-state index in [-0.39, 0.29) is 0 Å². The summed E-state index contributed by atoms with van der Waals surface area (Å²) in [5.74, 6) is 0.824. The maximum Gasteiger partial charge on any atom is 0.126 e. The van der Waals surface area contributed by atoms with Crippen molar-refractivity contribution in [1.29, 1.82) is 0 Å². The van der Waals surface area contributed by atoms with Gasteiger partial charge in [0.25, 0.3) is 0 Å². The van der Waals surface area contributed by atoms with Crippen LogP contribution in [0.4, 0.5) is 5.82 Å². The first-order valence-corrected chi connectivity index (χ1v) is 5.87. The van der Waals surface area contributed by atoms with Crippen molar-refractivity contribution >= 4 is 5.82 Å². The van der Waals surface area contributed by atoms with E-state index >= 15 is 0 Å². The third-order valence-electron chi connectivity index (χ3n) is 3.70. The molecular formula is C11H18N4O. The zero-order chi connectivity index (χ0) is 11.1. The molecule has 1 saturated heterocycles. The molecule has 0 atom stereocenters. The van der Waals surface area contributed by atoms with Gasteiger partial charge in [-0.05, 0) is 12.8 Å². The molecule has 2 aliphatic heterocycles. The first kappa shape index (κ1) is 10.1. The van der Waals surface area contributed by atoms with Crippen LogP contribution in [0.3, 0.4) is 0 Å². The van der Waals surface area contributed by atoms with E-state index < -0.39 is 0 Å². The van der Waals surface area contributed by atoms with Crippen LogP contribution in [0, 0.1) is 0 Å². The molecule has 0 unspecified atom stereocenters. The molecule has 0 bridgehead atoms. The topological polar surface area (TPSA) is 56.3 Å². The molecule has 88 valence electrons. The van der Waals surface area contributed by atoms with Gasteiger partial charge in [-0.15, -0.1) is 0 Å². The largest absolute Gasteiger partial charge is 0.384 e. The van der Waals surface area contributed by atoms with Gasteiger partial charge in [0.2, 0.25) is 0 Å². The second-order valence-corrected chi connectivity index (χ2v) is 4.68. The van der Waals surface area contributed by atoms with Crippen LogP contribution in [0.2, 0.25) is 0 Å². The number of aromatic nitrogens is 2. The molecule has 0 amide bonds. The Morgan fingerprint density at radius 2 is 2.06 bits per heavy atom. The quantitative estimate of drug-likeness (QED) is 0.751.